The average Bonchev–Trinajstić information content (AvgIpc) is 1.92. The Morgan fingerprint density at radius 1 is 1.00 bits per heavy atom. The molecule has 2 unspecified atom stereocenters. The lowest BCUT2D eigenvalue weighted by Gasteiger charge is -2.63. The molecule has 0 amide bonds. The fourth-order valence-electron chi connectivity index (χ4n) is 5.63. The first kappa shape index (κ1) is 11.0. The lowest BCUT2D eigenvalue weighted by molar-refractivity contribution is -0.0824. The van der Waals surface area contributed by atoms with Gasteiger partial charge < -0.3 is 0 Å². The van der Waals surface area contributed by atoms with Crippen molar-refractivity contribution < 1.29 is 13.0 Å². The highest BCUT2D eigenvalue weighted by atomic mass is 32.2. The summed E-state index contributed by atoms with van der Waals surface area (Å²) in [4.78, 5) is 0. The number of hydrogen-bond acceptors (Lipinski definition) is 2. The van der Waals surface area contributed by atoms with Crippen molar-refractivity contribution in [3.8, 4) is 0 Å². The maximum absolute atomic E-state index is 11.7. The maximum Gasteiger partial charge on any atom is 0.270 e. The lowest BCUT2D eigenvalue weighted by Crippen LogP contribution is -2.61. The Hall–Kier alpha value is -0.0900. The van der Waals surface area contributed by atoms with Crippen LogP contribution in [-0.4, -0.2) is 17.7 Å². The Bertz CT molecular complexity index is 421. The molecule has 16 heavy (non-hydrogen) atoms. The highest BCUT2D eigenvalue weighted by Crippen LogP contribution is 2.68. The van der Waals surface area contributed by atoms with Crippen LogP contribution in [0.25, 0.3) is 0 Å². The Morgan fingerprint density at radius 3 is 1.88 bits per heavy atom. The van der Waals surface area contributed by atoms with E-state index in [1.54, 1.807) is 0 Å². The highest BCUT2D eigenvalue weighted by Gasteiger charge is 2.64. The van der Waals surface area contributed by atoms with Gasteiger partial charge >= 0.3 is 0 Å². The van der Waals surface area contributed by atoms with E-state index in [-0.39, 0.29) is 10.8 Å². The minimum Gasteiger partial charge on any atom is -0.285 e. The number of rotatable bonds is 1. The summed E-state index contributed by atoms with van der Waals surface area (Å²) in [5.74, 6) is 0.508. The predicted octanol–water partition coefficient (Wildman–Crippen LogP) is 2.62. The summed E-state index contributed by atoms with van der Waals surface area (Å²) in [6.07, 6.45) is 5.47. The summed E-state index contributed by atoms with van der Waals surface area (Å²) >= 11 is 0. The number of hydrogen-bond donors (Lipinski definition) is 1. The van der Waals surface area contributed by atoms with Gasteiger partial charge in [0, 0.05) is 0 Å². The van der Waals surface area contributed by atoms with Crippen LogP contribution in [0.5, 0.6) is 0 Å². The second-order valence-electron chi connectivity index (χ2n) is 7.29. The van der Waals surface area contributed by atoms with E-state index in [0.29, 0.717) is 25.2 Å². The molecule has 0 aromatic heterocycles. The predicted molar refractivity (Wildman–Crippen MR) is 61.7 cm³/mol. The van der Waals surface area contributed by atoms with Crippen LogP contribution in [0, 0.1) is 16.7 Å². The van der Waals surface area contributed by atoms with Crippen molar-refractivity contribution in [2.45, 2.75) is 57.1 Å². The molecule has 0 spiro atoms. The van der Waals surface area contributed by atoms with Crippen LogP contribution >= 0.6 is 0 Å². The van der Waals surface area contributed by atoms with Crippen LogP contribution in [0.4, 0.5) is 0 Å². The first-order valence-electron chi connectivity index (χ1n) is 6.13. The van der Waals surface area contributed by atoms with Crippen LogP contribution in [-0.2, 0) is 10.1 Å². The third-order valence-corrected chi connectivity index (χ3v) is 6.67. The Labute approximate surface area is 97.4 Å². The van der Waals surface area contributed by atoms with Gasteiger partial charge in [-0.2, -0.15) is 8.42 Å². The monoisotopic (exact) mass is 244 g/mol. The van der Waals surface area contributed by atoms with Gasteiger partial charge in [0.25, 0.3) is 10.1 Å². The third-order valence-electron chi connectivity index (χ3n) is 5.12. The fraction of sp³-hybridized carbons (Fsp3) is 1.00. The van der Waals surface area contributed by atoms with Crippen LogP contribution in [0.1, 0.15) is 52.4 Å². The fourth-order valence-corrected chi connectivity index (χ4v) is 7.14. The molecule has 4 rings (SSSR count). The van der Waals surface area contributed by atoms with Crippen molar-refractivity contribution in [1.29, 1.82) is 0 Å². The van der Waals surface area contributed by atoms with Crippen LogP contribution < -0.4 is 0 Å². The molecule has 4 aliphatic rings. The summed E-state index contributed by atoms with van der Waals surface area (Å²) in [6, 6.07) is 0. The zero-order chi connectivity index (χ0) is 11.8. The minimum absolute atomic E-state index is 0.143. The van der Waals surface area contributed by atoms with Gasteiger partial charge in [0.2, 0.25) is 0 Å². The molecule has 4 aliphatic carbocycles. The standard InChI is InChI=1S/C12H20O3S/c1-10-3-9-4-11(2,6-10)8-12(5-9,7-10)16(13,14)15/h9H,3-8H2,1-2H3,(H,13,14,15). The van der Waals surface area contributed by atoms with Crippen molar-refractivity contribution in [2.24, 2.45) is 16.7 Å². The molecule has 0 saturated heterocycles. The van der Waals surface area contributed by atoms with Crippen molar-refractivity contribution in [1.82, 2.24) is 0 Å². The van der Waals surface area contributed by atoms with E-state index in [1.807, 2.05) is 0 Å². The molecule has 0 radical (unpaired) electrons. The molecule has 4 heteroatoms. The van der Waals surface area contributed by atoms with E-state index in [2.05, 4.69) is 13.8 Å². The zero-order valence-corrected chi connectivity index (χ0v) is 10.8. The van der Waals surface area contributed by atoms with Crippen molar-refractivity contribution in [3.63, 3.8) is 0 Å². The van der Waals surface area contributed by atoms with E-state index in [0.717, 1.165) is 19.3 Å². The molecular formula is C12H20O3S. The minimum atomic E-state index is -3.90. The van der Waals surface area contributed by atoms with Gasteiger partial charge in [-0.1, -0.05) is 13.8 Å². The molecule has 3 nitrogen and oxygen atoms in total. The topological polar surface area (TPSA) is 54.4 Å². The van der Waals surface area contributed by atoms with Gasteiger partial charge in [-0.15, -0.1) is 0 Å². The maximum atomic E-state index is 11.7. The SMILES string of the molecule is CC12CC3CC(C)(C1)CC(S(=O)(=O)O)(C3)C2. The summed E-state index contributed by atoms with van der Waals surface area (Å²) in [5.41, 5.74) is 0.286. The molecule has 0 aromatic carbocycles. The van der Waals surface area contributed by atoms with Crippen molar-refractivity contribution in [3.05, 3.63) is 0 Å². The van der Waals surface area contributed by atoms with Crippen LogP contribution in [0.2, 0.25) is 0 Å². The molecule has 2 atom stereocenters. The Balaban J connectivity index is 2.12. The normalized spacial score (nSPS) is 55.6. The highest BCUT2D eigenvalue weighted by molar-refractivity contribution is 7.87. The van der Waals surface area contributed by atoms with E-state index < -0.39 is 14.9 Å². The molecule has 0 aromatic rings. The molecule has 0 heterocycles. The third kappa shape index (κ3) is 1.32. The van der Waals surface area contributed by atoms with Gasteiger partial charge in [0.15, 0.2) is 0 Å². The molecule has 92 valence electrons. The quantitative estimate of drug-likeness (QED) is 0.721. The zero-order valence-electron chi connectivity index (χ0n) is 9.99. The molecule has 0 aliphatic heterocycles. The van der Waals surface area contributed by atoms with E-state index >= 15 is 0 Å². The first-order chi connectivity index (χ1) is 7.16. The average molecular weight is 244 g/mol. The largest absolute Gasteiger partial charge is 0.285 e. The molecule has 1 N–H and O–H groups in total. The molecule has 4 fully saturated rings. The Morgan fingerprint density at radius 2 is 1.50 bits per heavy atom. The second-order valence-corrected chi connectivity index (χ2v) is 9.10. The Kier molecular flexibility index (Phi) is 1.84. The van der Waals surface area contributed by atoms with Crippen molar-refractivity contribution >= 4 is 10.1 Å². The molecule has 4 bridgehead atoms. The smallest absolute Gasteiger partial charge is 0.270 e. The summed E-state index contributed by atoms with van der Waals surface area (Å²) in [5, 5.41) is 0. The molecule has 4 saturated carbocycles. The van der Waals surface area contributed by atoms with Gasteiger partial charge in [-0.3, -0.25) is 4.55 Å². The van der Waals surface area contributed by atoms with Gasteiger partial charge in [-0.25, -0.2) is 0 Å². The van der Waals surface area contributed by atoms with E-state index in [1.165, 1.54) is 0 Å². The second kappa shape index (κ2) is 2.66. The summed E-state index contributed by atoms with van der Waals surface area (Å²) in [6.45, 7) is 4.41. The first-order valence-corrected chi connectivity index (χ1v) is 7.57. The van der Waals surface area contributed by atoms with E-state index in [9.17, 15) is 13.0 Å². The van der Waals surface area contributed by atoms with Crippen LogP contribution in [0.15, 0.2) is 0 Å². The van der Waals surface area contributed by atoms with Gasteiger partial charge in [-0.05, 0) is 55.3 Å². The molecular weight excluding hydrogens is 224 g/mol. The van der Waals surface area contributed by atoms with E-state index in [4.69, 9.17) is 0 Å². The lowest BCUT2D eigenvalue weighted by atomic mass is 9.45. The van der Waals surface area contributed by atoms with Crippen LogP contribution in [0.3, 0.4) is 0 Å². The van der Waals surface area contributed by atoms with Gasteiger partial charge in [0.1, 0.15) is 0 Å². The van der Waals surface area contributed by atoms with Crippen molar-refractivity contribution in [2.75, 3.05) is 0 Å². The van der Waals surface area contributed by atoms with Gasteiger partial charge in [0.05, 0.1) is 4.75 Å². The summed E-state index contributed by atoms with van der Waals surface area (Å²) in [7, 11) is -3.90. The summed E-state index contributed by atoms with van der Waals surface area (Å²) < 4.78 is 32.2.